The maximum Gasteiger partial charge on any atom is 0.220 e. The fraction of sp³-hybridized carbons (Fsp3) is 0.300. The van der Waals surface area contributed by atoms with Crippen LogP contribution < -0.4 is 5.32 Å². The Morgan fingerprint density at radius 1 is 1.09 bits per heavy atom. The predicted molar refractivity (Wildman–Crippen MR) is 91.9 cm³/mol. The summed E-state index contributed by atoms with van der Waals surface area (Å²) in [7, 11) is 0. The van der Waals surface area contributed by atoms with Crippen LogP contribution in [0.25, 0.3) is 0 Å². The first-order chi connectivity index (χ1) is 11.1. The average Bonchev–Trinajstić information content (AvgIpc) is 2.60. The molecule has 0 spiro atoms. The highest BCUT2D eigenvalue weighted by Gasteiger charge is 2.09. The summed E-state index contributed by atoms with van der Waals surface area (Å²) in [5.74, 6) is 0.0430. The van der Waals surface area contributed by atoms with Crippen molar-refractivity contribution in [3.63, 3.8) is 0 Å². The smallest absolute Gasteiger partial charge is 0.220 e. The summed E-state index contributed by atoms with van der Waals surface area (Å²) in [6.45, 7) is 4.09. The van der Waals surface area contributed by atoms with Crippen molar-refractivity contribution in [2.45, 2.75) is 39.2 Å². The number of amides is 1. The Kier molecular flexibility index (Phi) is 5.94. The van der Waals surface area contributed by atoms with Gasteiger partial charge in [-0.05, 0) is 48.6 Å². The molecule has 1 N–H and O–H groups in total. The zero-order valence-electron chi connectivity index (χ0n) is 13.7. The third-order valence-corrected chi connectivity index (χ3v) is 3.99. The first kappa shape index (κ1) is 16.8. The Balaban J connectivity index is 1.84. The molecule has 0 saturated heterocycles. The first-order valence-corrected chi connectivity index (χ1v) is 7.99. The second-order valence-corrected chi connectivity index (χ2v) is 5.69. The quantitative estimate of drug-likeness (QED) is 0.879. The number of hydrogen-bond donors (Lipinski definition) is 1. The van der Waals surface area contributed by atoms with Gasteiger partial charge in [0.05, 0.1) is 17.7 Å². The second-order valence-electron chi connectivity index (χ2n) is 5.69. The van der Waals surface area contributed by atoms with Gasteiger partial charge in [0.15, 0.2) is 0 Å². The number of nitrogens with zero attached hydrogens (tertiary/aromatic N) is 1. The van der Waals surface area contributed by atoms with E-state index in [1.54, 1.807) is 12.1 Å². The minimum Gasteiger partial charge on any atom is -0.350 e. The van der Waals surface area contributed by atoms with Gasteiger partial charge in [-0.15, -0.1) is 0 Å². The molecule has 0 aliphatic carbocycles. The van der Waals surface area contributed by atoms with Gasteiger partial charge in [0.25, 0.3) is 0 Å². The molecular formula is C20H22N2O. The van der Waals surface area contributed by atoms with E-state index in [4.69, 9.17) is 5.26 Å². The number of rotatable bonds is 6. The Hall–Kier alpha value is -2.60. The SMILES string of the molecule is CCc1ccc(CCC(=O)NC(C)c2ccc(C#N)cc2)cc1. The molecule has 23 heavy (non-hydrogen) atoms. The van der Waals surface area contributed by atoms with Gasteiger partial charge < -0.3 is 5.32 Å². The van der Waals surface area contributed by atoms with Crippen LogP contribution in [0.3, 0.4) is 0 Å². The highest BCUT2D eigenvalue weighted by molar-refractivity contribution is 5.76. The van der Waals surface area contributed by atoms with Crippen LogP contribution in [-0.4, -0.2) is 5.91 Å². The topological polar surface area (TPSA) is 52.9 Å². The van der Waals surface area contributed by atoms with E-state index in [1.807, 2.05) is 19.1 Å². The maximum atomic E-state index is 12.1. The highest BCUT2D eigenvalue weighted by Crippen LogP contribution is 2.14. The molecule has 1 amide bonds. The highest BCUT2D eigenvalue weighted by atomic mass is 16.1. The number of aryl methyl sites for hydroxylation is 2. The number of nitrogens with one attached hydrogen (secondary N) is 1. The predicted octanol–water partition coefficient (Wildman–Crippen LogP) is 3.93. The van der Waals surface area contributed by atoms with E-state index in [0.29, 0.717) is 12.0 Å². The molecule has 1 atom stereocenters. The zero-order chi connectivity index (χ0) is 16.7. The molecule has 0 fully saturated rings. The second kappa shape index (κ2) is 8.14. The average molecular weight is 306 g/mol. The minimum absolute atomic E-state index is 0.0430. The minimum atomic E-state index is -0.0577. The lowest BCUT2D eigenvalue weighted by Crippen LogP contribution is -2.26. The van der Waals surface area contributed by atoms with Crippen LogP contribution in [0.4, 0.5) is 0 Å². The normalized spacial score (nSPS) is 11.5. The summed E-state index contributed by atoms with van der Waals surface area (Å²) in [6.07, 6.45) is 2.25. The molecule has 2 rings (SSSR count). The van der Waals surface area contributed by atoms with Crippen LogP contribution in [0.1, 0.15) is 48.6 Å². The van der Waals surface area contributed by atoms with Crippen LogP contribution in [0, 0.1) is 11.3 Å². The van der Waals surface area contributed by atoms with Gasteiger partial charge in [0.1, 0.15) is 0 Å². The molecule has 3 nitrogen and oxygen atoms in total. The Labute approximate surface area is 138 Å². The Morgan fingerprint density at radius 3 is 2.26 bits per heavy atom. The molecule has 2 aromatic rings. The van der Waals surface area contributed by atoms with Gasteiger partial charge in [-0.25, -0.2) is 0 Å². The molecule has 0 saturated carbocycles. The fourth-order valence-electron chi connectivity index (χ4n) is 2.44. The molecule has 0 radical (unpaired) electrons. The number of carbonyl (C=O) groups excluding carboxylic acids is 1. The van der Waals surface area contributed by atoms with Gasteiger partial charge in [-0.2, -0.15) is 5.26 Å². The van der Waals surface area contributed by atoms with E-state index in [9.17, 15) is 4.79 Å². The summed E-state index contributed by atoms with van der Waals surface area (Å²) >= 11 is 0. The van der Waals surface area contributed by atoms with E-state index in [-0.39, 0.29) is 11.9 Å². The molecule has 0 aliphatic heterocycles. The Bertz CT molecular complexity index is 681. The molecule has 118 valence electrons. The van der Waals surface area contributed by atoms with Crippen LogP contribution in [0.15, 0.2) is 48.5 Å². The first-order valence-electron chi connectivity index (χ1n) is 7.99. The summed E-state index contributed by atoms with van der Waals surface area (Å²) in [6, 6.07) is 17.8. The third-order valence-electron chi connectivity index (χ3n) is 3.99. The summed E-state index contributed by atoms with van der Waals surface area (Å²) in [5.41, 5.74) is 4.13. The molecule has 0 bridgehead atoms. The van der Waals surface area contributed by atoms with Crippen molar-refractivity contribution in [1.82, 2.24) is 5.32 Å². The number of carbonyl (C=O) groups is 1. The summed E-state index contributed by atoms with van der Waals surface area (Å²) in [5, 5.41) is 11.8. The van der Waals surface area contributed by atoms with Crippen LogP contribution in [-0.2, 0) is 17.6 Å². The lowest BCUT2D eigenvalue weighted by molar-refractivity contribution is -0.121. The van der Waals surface area contributed by atoms with Gasteiger partial charge in [0, 0.05) is 6.42 Å². The monoisotopic (exact) mass is 306 g/mol. The van der Waals surface area contributed by atoms with Crippen molar-refractivity contribution >= 4 is 5.91 Å². The van der Waals surface area contributed by atoms with Crippen LogP contribution >= 0.6 is 0 Å². The number of nitriles is 1. The Morgan fingerprint density at radius 2 is 1.70 bits per heavy atom. The van der Waals surface area contributed by atoms with E-state index in [2.05, 4.69) is 42.6 Å². The van der Waals surface area contributed by atoms with E-state index in [0.717, 1.165) is 18.4 Å². The largest absolute Gasteiger partial charge is 0.350 e. The summed E-state index contributed by atoms with van der Waals surface area (Å²) in [4.78, 5) is 12.1. The van der Waals surface area contributed by atoms with Gasteiger partial charge in [-0.3, -0.25) is 4.79 Å². The van der Waals surface area contributed by atoms with Crippen molar-refractivity contribution < 1.29 is 4.79 Å². The van der Waals surface area contributed by atoms with E-state index < -0.39 is 0 Å². The van der Waals surface area contributed by atoms with Crippen molar-refractivity contribution in [2.75, 3.05) is 0 Å². The maximum absolute atomic E-state index is 12.1. The number of hydrogen-bond acceptors (Lipinski definition) is 2. The molecular weight excluding hydrogens is 284 g/mol. The van der Waals surface area contributed by atoms with E-state index >= 15 is 0 Å². The van der Waals surface area contributed by atoms with Crippen molar-refractivity contribution in [2.24, 2.45) is 0 Å². The molecule has 1 unspecified atom stereocenters. The molecule has 3 heteroatoms. The van der Waals surface area contributed by atoms with Gasteiger partial charge in [-0.1, -0.05) is 43.3 Å². The lowest BCUT2D eigenvalue weighted by atomic mass is 10.0. The molecule has 0 aliphatic rings. The van der Waals surface area contributed by atoms with Crippen molar-refractivity contribution in [3.8, 4) is 6.07 Å². The van der Waals surface area contributed by atoms with Crippen LogP contribution in [0.5, 0.6) is 0 Å². The molecule has 0 heterocycles. The van der Waals surface area contributed by atoms with Gasteiger partial charge >= 0.3 is 0 Å². The van der Waals surface area contributed by atoms with Gasteiger partial charge in [0.2, 0.25) is 5.91 Å². The number of benzene rings is 2. The standard InChI is InChI=1S/C20H22N2O/c1-3-16-4-6-17(7-5-16)10-13-20(23)22-15(2)19-11-8-18(14-21)9-12-19/h4-9,11-12,15H,3,10,13H2,1-2H3,(H,22,23). The third kappa shape index (κ3) is 4.96. The fourth-order valence-corrected chi connectivity index (χ4v) is 2.44. The molecule has 2 aromatic carbocycles. The van der Waals surface area contributed by atoms with E-state index in [1.165, 1.54) is 11.1 Å². The van der Waals surface area contributed by atoms with Crippen molar-refractivity contribution in [3.05, 3.63) is 70.8 Å². The molecule has 0 aromatic heterocycles. The summed E-state index contributed by atoms with van der Waals surface area (Å²) < 4.78 is 0. The van der Waals surface area contributed by atoms with Crippen molar-refractivity contribution in [1.29, 1.82) is 5.26 Å². The zero-order valence-corrected chi connectivity index (χ0v) is 13.7. The lowest BCUT2D eigenvalue weighted by Gasteiger charge is -2.14. The van der Waals surface area contributed by atoms with Crippen LogP contribution in [0.2, 0.25) is 0 Å².